The van der Waals surface area contributed by atoms with Crippen molar-refractivity contribution in [2.24, 2.45) is 0 Å². The van der Waals surface area contributed by atoms with Crippen molar-refractivity contribution in [3.05, 3.63) is 371 Å². The fourth-order valence-electron chi connectivity index (χ4n) is 9.53. The summed E-state index contributed by atoms with van der Waals surface area (Å²) < 4.78 is 0. The molecule has 0 spiro atoms. The normalized spacial score (nSPS) is 9.76. The molecule has 0 saturated heterocycles. The first-order valence-electron chi connectivity index (χ1n) is 28.3. The molecule has 0 aliphatic heterocycles. The molecule has 5 nitrogen and oxygen atoms in total. The van der Waals surface area contributed by atoms with Crippen LogP contribution in [0.1, 0.15) is 0 Å². The summed E-state index contributed by atoms with van der Waals surface area (Å²) >= 11 is 0. The zero-order valence-corrected chi connectivity index (χ0v) is 60.7. The van der Waals surface area contributed by atoms with E-state index >= 15 is 0 Å². The van der Waals surface area contributed by atoms with Gasteiger partial charge in [0.25, 0.3) is 0 Å². The van der Waals surface area contributed by atoms with E-state index in [9.17, 15) is 0 Å². The third-order valence-electron chi connectivity index (χ3n) is 13.8. The SMILES string of the molecule is [Ir].[Ir].[Ir].[Ir].[Ir].[c-]1cc(-c2ccccc2)ccc1-c1ccccn1.[c-]1ccc(-c2ccccc2)cc1-c1ccccn1.[c-]1ccc2ccccc2c1-c1ccccn1.[c-]1ccccc1-c1ccc(-c2ccccc2)cn1.[c-]1ccccc1-c1nccc2ccccc12. The molecule has 0 aliphatic rings. The van der Waals surface area contributed by atoms with E-state index in [0.717, 1.165) is 61.9 Å². The van der Waals surface area contributed by atoms with Crippen LogP contribution in [0.5, 0.6) is 0 Å². The van der Waals surface area contributed by atoms with Crippen LogP contribution in [0.15, 0.2) is 340 Å². The third-order valence-corrected chi connectivity index (χ3v) is 13.8. The Morgan fingerprint density at radius 1 is 0.231 bits per heavy atom. The topological polar surface area (TPSA) is 64.5 Å². The monoisotopic (exact) mass is 2060 g/mol. The van der Waals surface area contributed by atoms with Crippen LogP contribution in [-0.2, 0) is 101 Å². The number of nitrogens with zero attached hydrogens (tertiary/aromatic N) is 5. The summed E-state index contributed by atoms with van der Waals surface area (Å²) in [5.74, 6) is 0. The molecule has 0 N–H and O–H groups in total. The van der Waals surface area contributed by atoms with Gasteiger partial charge < -0.3 is 24.9 Å². The largest absolute Gasteiger partial charge is 0.305 e. The van der Waals surface area contributed by atoms with Crippen LogP contribution in [0.25, 0.3) is 111 Å². The second-order valence-corrected chi connectivity index (χ2v) is 19.5. The molecule has 10 heteroatoms. The molecule has 5 aromatic heterocycles. The van der Waals surface area contributed by atoms with Gasteiger partial charge >= 0.3 is 0 Å². The molecule has 0 atom stereocenters. The van der Waals surface area contributed by atoms with Gasteiger partial charge in [-0.2, -0.15) is 0 Å². The summed E-state index contributed by atoms with van der Waals surface area (Å²) in [4.78, 5) is 22.0. The van der Waals surface area contributed by atoms with Gasteiger partial charge in [0.15, 0.2) is 0 Å². The number of hydrogen-bond acceptors (Lipinski definition) is 5. The Labute approximate surface area is 601 Å². The second-order valence-electron chi connectivity index (χ2n) is 19.5. The molecule has 0 unspecified atom stereocenters. The number of rotatable bonds is 8. The Hall–Kier alpha value is -8.28. The average Bonchev–Trinajstić information content (AvgIpc) is 1.80. The molecular formula is C81H56Ir5N5-5. The van der Waals surface area contributed by atoms with Crippen molar-refractivity contribution in [3.8, 4) is 89.7 Å². The van der Waals surface area contributed by atoms with Gasteiger partial charge in [0.05, 0.1) is 0 Å². The minimum Gasteiger partial charge on any atom is -0.305 e. The maximum atomic E-state index is 4.49. The van der Waals surface area contributed by atoms with Crippen LogP contribution >= 0.6 is 0 Å². The fourth-order valence-corrected chi connectivity index (χ4v) is 9.53. The van der Waals surface area contributed by atoms with E-state index < -0.39 is 0 Å². The molecule has 0 amide bonds. The van der Waals surface area contributed by atoms with Crippen molar-refractivity contribution in [3.63, 3.8) is 0 Å². The van der Waals surface area contributed by atoms with E-state index in [1.54, 1.807) is 12.4 Å². The molecule has 91 heavy (non-hydrogen) atoms. The number of aromatic nitrogens is 5. The van der Waals surface area contributed by atoms with Crippen molar-refractivity contribution in [1.82, 2.24) is 24.9 Å². The van der Waals surface area contributed by atoms with Crippen LogP contribution in [0, 0.1) is 30.3 Å². The minimum atomic E-state index is 0. The van der Waals surface area contributed by atoms with Crippen molar-refractivity contribution in [1.29, 1.82) is 0 Å². The zero-order valence-electron chi connectivity index (χ0n) is 48.7. The van der Waals surface area contributed by atoms with Crippen molar-refractivity contribution < 1.29 is 101 Å². The molecular weight excluding hydrogens is 2000 g/mol. The van der Waals surface area contributed by atoms with Gasteiger partial charge in [0, 0.05) is 132 Å². The van der Waals surface area contributed by atoms with E-state index in [0.29, 0.717) is 0 Å². The predicted molar refractivity (Wildman–Crippen MR) is 354 cm³/mol. The Kier molecular flexibility index (Phi) is 30.3. The molecule has 0 fully saturated rings. The third kappa shape index (κ3) is 20.4. The molecule has 15 aromatic rings. The fraction of sp³-hybridized carbons (Fsp3) is 0. The molecule has 455 valence electrons. The summed E-state index contributed by atoms with van der Waals surface area (Å²) in [7, 11) is 0. The van der Waals surface area contributed by atoms with Crippen LogP contribution in [0.3, 0.4) is 0 Å². The Morgan fingerprint density at radius 3 is 1.24 bits per heavy atom. The van der Waals surface area contributed by atoms with Crippen molar-refractivity contribution >= 4 is 21.5 Å². The quantitative estimate of drug-likeness (QED) is 0.142. The first-order valence-corrected chi connectivity index (χ1v) is 28.3. The van der Waals surface area contributed by atoms with Crippen LogP contribution in [-0.4, -0.2) is 24.9 Å². The van der Waals surface area contributed by atoms with Gasteiger partial charge in [-0.1, -0.05) is 205 Å². The molecule has 5 radical (unpaired) electrons. The predicted octanol–water partition coefficient (Wildman–Crippen LogP) is 20.0. The zero-order chi connectivity index (χ0) is 58.2. The smallest absolute Gasteiger partial charge is 0.0239 e. The van der Waals surface area contributed by atoms with E-state index in [1.165, 1.54) is 49.4 Å². The standard InChI is InChI=1S/3C17H12N.2C15H10N.5Ir/c1-3-7-14(8-4-1)16-11-12-17(18-13-16)15-9-5-2-6-10-15;1-2-7-14(8-3-1)15-9-6-10-16(13-15)17-11-4-5-12-18-17;1-2-6-14(7-3-1)15-9-11-16(12-10-15)17-8-4-5-13-18-17;1-2-8-13-12(6-1)7-5-9-14(13)15-10-3-4-11-16-15;1-2-7-13(8-3-1)15-14-9-5-4-6-12(14)10-11-16-15;;;;;/h2*1-9,11-13H;1-11,13H;1-8,10-11H;1-7,9-11H;;;;;/q5*-1;;;;;. The molecule has 5 heterocycles. The van der Waals surface area contributed by atoms with Gasteiger partial charge in [0.1, 0.15) is 0 Å². The number of fused-ring (bicyclic) bond motifs is 2. The van der Waals surface area contributed by atoms with Gasteiger partial charge in [-0.05, 0) is 80.2 Å². The van der Waals surface area contributed by atoms with E-state index in [-0.39, 0.29) is 101 Å². The van der Waals surface area contributed by atoms with E-state index in [4.69, 9.17) is 0 Å². The summed E-state index contributed by atoms with van der Waals surface area (Å²) in [6.45, 7) is 0. The molecule has 0 saturated carbocycles. The maximum absolute atomic E-state index is 4.49. The van der Waals surface area contributed by atoms with E-state index in [1.807, 2.05) is 231 Å². The van der Waals surface area contributed by atoms with Crippen LogP contribution in [0.2, 0.25) is 0 Å². The maximum Gasteiger partial charge on any atom is 0.0239 e. The second kappa shape index (κ2) is 38.4. The minimum absolute atomic E-state index is 0. The molecule has 15 rings (SSSR count). The number of hydrogen-bond donors (Lipinski definition) is 0. The van der Waals surface area contributed by atoms with Crippen molar-refractivity contribution in [2.75, 3.05) is 0 Å². The van der Waals surface area contributed by atoms with Crippen molar-refractivity contribution in [2.45, 2.75) is 0 Å². The Morgan fingerprint density at radius 2 is 0.692 bits per heavy atom. The Bertz CT molecular complexity index is 4060. The van der Waals surface area contributed by atoms with Gasteiger partial charge in [-0.15, -0.1) is 166 Å². The summed E-state index contributed by atoms with van der Waals surface area (Å²) in [6, 6.07) is 120. The van der Waals surface area contributed by atoms with Gasteiger partial charge in [0.2, 0.25) is 0 Å². The number of benzene rings is 10. The molecule has 0 bridgehead atoms. The summed E-state index contributed by atoms with van der Waals surface area (Å²) in [6.07, 6.45) is 9.17. The van der Waals surface area contributed by atoms with Crippen LogP contribution < -0.4 is 0 Å². The van der Waals surface area contributed by atoms with Gasteiger partial charge in [-0.3, -0.25) is 0 Å². The first-order chi connectivity index (χ1) is 42.7. The Balaban J connectivity index is 0.000000179. The molecule has 0 aliphatic carbocycles. The first kappa shape index (κ1) is 71.8. The van der Waals surface area contributed by atoms with Gasteiger partial charge in [-0.25, -0.2) is 0 Å². The average molecular weight is 2060 g/mol. The summed E-state index contributed by atoms with van der Waals surface area (Å²) in [5.41, 5.74) is 17.1. The van der Waals surface area contributed by atoms with E-state index in [2.05, 4.69) is 152 Å². The number of pyridine rings is 5. The molecule has 10 aromatic carbocycles. The van der Waals surface area contributed by atoms with Crippen LogP contribution in [0.4, 0.5) is 0 Å². The summed E-state index contributed by atoms with van der Waals surface area (Å²) in [5, 5.41) is 4.81.